The van der Waals surface area contributed by atoms with E-state index in [0.29, 0.717) is 26.1 Å². The van der Waals surface area contributed by atoms with E-state index in [4.69, 9.17) is 16.2 Å². The SMILES string of the molecule is CCCCCCCCCCCCCCCCCC(=O)NCCCOC(N)CN. The highest BCUT2D eigenvalue weighted by Crippen LogP contribution is 2.13. The van der Waals surface area contributed by atoms with Gasteiger partial charge in [0.2, 0.25) is 5.91 Å². The van der Waals surface area contributed by atoms with Gasteiger partial charge in [-0.2, -0.15) is 0 Å². The second-order valence-electron chi connectivity index (χ2n) is 8.05. The molecule has 0 aliphatic heterocycles. The van der Waals surface area contributed by atoms with Crippen LogP contribution in [0.2, 0.25) is 0 Å². The fourth-order valence-corrected chi connectivity index (χ4v) is 3.35. The minimum Gasteiger partial charge on any atom is -0.362 e. The molecule has 1 amide bonds. The van der Waals surface area contributed by atoms with Crippen molar-refractivity contribution in [3.63, 3.8) is 0 Å². The molecule has 5 heteroatoms. The summed E-state index contributed by atoms with van der Waals surface area (Å²) in [7, 11) is 0. The van der Waals surface area contributed by atoms with Gasteiger partial charge in [0.25, 0.3) is 0 Å². The van der Waals surface area contributed by atoms with Crippen molar-refractivity contribution >= 4 is 5.91 Å². The Hall–Kier alpha value is -0.650. The number of carbonyl (C=O) groups is 1. The number of rotatable bonds is 22. The fourth-order valence-electron chi connectivity index (χ4n) is 3.35. The summed E-state index contributed by atoms with van der Waals surface area (Å²) in [4.78, 5) is 11.7. The largest absolute Gasteiger partial charge is 0.362 e. The Balaban J connectivity index is 3.15. The second-order valence-corrected chi connectivity index (χ2v) is 8.05. The van der Waals surface area contributed by atoms with Crippen molar-refractivity contribution in [3.05, 3.63) is 0 Å². The summed E-state index contributed by atoms with van der Waals surface area (Å²) in [6.07, 6.45) is 21.2. The first-order valence-electron chi connectivity index (χ1n) is 12.0. The number of unbranched alkanes of at least 4 members (excludes halogenated alkanes) is 14. The lowest BCUT2D eigenvalue weighted by atomic mass is 10.0. The molecule has 0 fully saturated rings. The lowest BCUT2D eigenvalue weighted by molar-refractivity contribution is -0.121. The van der Waals surface area contributed by atoms with E-state index in [1.54, 1.807) is 0 Å². The van der Waals surface area contributed by atoms with Crippen LogP contribution in [-0.2, 0) is 9.53 Å². The van der Waals surface area contributed by atoms with Gasteiger partial charge in [-0.05, 0) is 12.8 Å². The van der Waals surface area contributed by atoms with Crippen molar-refractivity contribution < 1.29 is 9.53 Å². The van der Waals surface area contributed by atoms with Crippen LogP contribution >= 0.6 is 0 Å². The van der Waals surface area contributed by atoms with E-state index in [0.717, 1.165) is 12.8 Å². The maximum absolute atomic E-state index is 11.7. The fraction of sp³-hybridized carbons (Fsp3) is 0.957. The van der Waals surface area contributed by atoms with Crippen LogP contribution in [0.4, 0.5) is 0 Å². The Morgan fingerprint density at radius 2 is 1.25 bits per heavy atom. The molecule has 168 valence electrons. The molecule has 0 aliphatic rings. The molecule has 28 heavy (non-hydrogen) atoms. The topological polar surface area (TPSA) is 90.4 Å². The van der Waals surface area contributed by atoms with Crippen LogP contribution in [0.1, 0.15) is 116 Å². The summed E-state index contributed by atoms with van der Waals surface area (Å²) in [6, 6.07) is 0. The van der Waals surface area contributed by atoms with Gasteiger partial charge >= 0.3 is 0 Å². The number of ether oxygens (including phenoxy) is 1. The first-order chi connectivity index (χ1) is 13.7. The standard InChI is InChI=1S/C23H49N3O2/c1-2-3-4-5-6-7-8-9-10-11-12-13-14-15-16-18-23(27)26-19-17-20-28-22(25)21-24/h22H,2-21,24-25H2,1H3,(H,26,27). The minimum atomic E-state index is -0.393. The summed E-state index contributed by atoms with van der Waals surface area (Å²) >= 11 is 0. The first kappa shape index (κ1) is 27.4. The van der Waals surface area contributed by atoms with Crippen molar-refractivity contribution in [2.24, 2.45) is 11.5 Å². The monoisotopic (exact) mass is 399 g/mol. The van der Waals surface area contributed by atoms with Crippen molar-refractivity contribution in [2.45, 2.75) is 122 Å². The molecule has 0 spiro atoms. The Morgan fingerprint density at radius 1 is 0.786 bits per heavy atom. The van der Waals surface area contributed by atoms with E-state index < -0.39 is 6.23 Å². The summed E-state index contributed by atoms with van der Waals surface area (Å²) in [5.74, 6) is 0.151. The quantitative estimate of drug-likeness (QED) is 0.176. The van der Waals surface area contributed by atoms with Crippen molar-refractivity contribution in [1.29, 1.82) is 0 Å². The van der Waals surface area contributed by atoms with Crippen molar-refractivity contribution in [2.75, 3.05) is 19.7 Å². The van der Waals surface area contributed by atoms with Crippen LogP contribution in [0.15, 0.2) is 0 Å². The van der Waals surface area contributed by atoms with Crippen LogP contribution in [0.3, 0.4) is 0 Å². The third-order valence-corrected chi connectivity index (χ3v) is 5.21. The molecule has 5 nitrogen and oxygen atoms in total. The smallest absolute Gasteiger partial charge is 0.219 e. The average Bonchev–Trinajstić information content (AvgIpc) is 2.70. The zero-order chi connectivity index (χ0) is 20.7. The molecule has 0 aromatic heterocycles. The van der Waals surface area contributed by atoms with Crippen molar-refractivity contribution in [1.82, 2.24) is 5.32 Å². The molecule has 0 saturated heterocycles. The minimum absolute atomic E-state index is 0.151. The van der Waals surface area contributed by atoms with E-state index in [2.05, 4.69) is 12.2 Å². The molecular weight excluding hydrogens is 350 g/mol. The number of carbonyl (C=O) groups excluding carboxylic acids is 1. The zero-order valence-corrected chi connectivity index (χ0v) is 18.7. The molecule has 0 bridgehead atoms. The van der Waals surface area contributed by atoms with Gasteiger partial charge in [0.15, 0.2) is 0 Å². The molecule has 0 aromatic rings. The number of hydrogen-bond donors (Lipinski definition) is 3. The lowest BCUT2D eigenvalue weighted by Crippen LogP contribution is -2.33. The van der Waals surface area contributed by atoms with Crippen LogP contribution in [0, 0.1) is 0 Å². The molecule has 1 atom stereocenters. The van der Waals surface area contributed by atoms with E-state index in [9.17, 15) is 4.79 Å². The Morgan fingerprint density at radius 3 is 1.71 bits per heavy atom. The lowest BCUT2D eigenvalue weighted by Gasteiger charge is -2.10. The molecule has 0 rings (SSSR count). The molecule has 0 aliphatic carbocycles. The molecular formula is C23H49N3O2. The highest BCUT2D eigenvalue weighted by molar-refractivity contribution is 5.75. The number of nitrogens with two attached hydrogens (primary N) is 2. The van der Waals surface area contributed by atoms with Crippen molar-refractivity contribution in [3.8, 4) is 0 Å². The molecule has 1 unspecified atom stereocenters. The molecule has 5 N–H and O–H groups in total. The van der Waals surface area contributed by atoms with Gasteiger partial charge in [-0.25, -0.2) is 0 Å². The predicted octanol–water partition coefficient (Wildman–Crippen LogP) is 5.01. The van der Waals surface area contributed by atoms with Gasteiger partial charge < -0.3 is 21.5 Å². The predicted molar refractivity (Wildman–Crippen MR) is 120 cm³/mol. The van der Waals surface area contributed by atoms with E-state index in [1.807, 2.05) is 0 Å². The maximum Gasteiger partial charge on any atom is 0.219 e. The van der Waals surface area contributed by atoms with Gasteiger partial charge in [0.1, 0.15) is 6.23 Å². The Labute approximate surface area is 174 Å². The summed E-state index contributed by atoms with van der Waals surface area (Å²) < 4.78 is 5.26. The van der Waals surface area contributed by atoms with Crippen LogP contribution in [0.5, 0.6) is 0 Å². The summed E-state index contributed by atoms with van der Waals surface area (Å²) in [6.45, 7) is 3.79. The van der Waals surface area contributed by atoms with Gasteiger partial charge in [0.05, 0.1) is 6.61 Å². The summed E-state index contributed by atoms with van der Waals surface area (Å²) in [5, 5.41) is 2.93. The van der Waals surface area contributed by atoms with E-state index >= 15 is 0 Å². The second kappa shape index (κ2) is 22.6. The summed E-state index contributed by atoms with van der Waals surface area (Å²) in [5.41, 5.74) is 10.9. The van der Waals surface area contributed by atoms with Crippen LogP contribution < -0.4 is 16.8 Å². The molecule has 0 heterocycles. The third kappa shape index (κ3) is 21.6. The van der Waals surface area contributed by atoms with Crippen LogP contribution in [0.25, 0.3) is 0 Å². The number of nitrogens with one attached hydrogen (secondary N) is 1. The highest BCUT2D eigenvalue weighted by atomic mass is 16.5. The molecule has 0 radical (unpaired) electrons. The highest BCUT2D eigenvalue weighted by Gasteiger charge is 2.02. The first-order valence-corrected chi connectivity index (χ1v) is 12.0. The van der Waals surface area contributed by atoms with Crippen LogP contribution in [-0.4, -0.2) is 31.8 Å². The van der Waals surface area contributed by atoms with Gasteiger partial charge in [-0.3, -0.25) is 4.79 Å². The van der Waals surface area contributed by atoms with E-state index in [-0.39, 0.29) is 5.91 Å². The van der Waals surface area contributed by atoms with Gasteiger partial charge in [-0.15, -0.1) is 0 Å². The van der Waals surface area contributed by atoms with Gasteiger partial charge in [-0.1, -0.05) is 96.8 Å². The Bertz CT molecular complexity index is 327. The zero-order valence-electron chi connectivity index (χ0n) is 18.7. The van der Waals surface area contributed by atoms with E-state index in [1.165, 1.54) is 89.9 Å². The number of amides is 1. The molecule has 0 aromatic carbocycles. The normalized spacial score (nSPS) is 12.2. The maximum atomic E-state index is 11.7. The number of hydrogen-bond acceptors (Lipinski definition) is 4. The average molecular weight is 400 g/mol. The Kier molecular flexibility index (Phi) is 22.1. The molecule has 0 saturated carbocycles. The third-order valence-electron chi connectivity index (χ3n) is 5.21. The van der Waals surface area contributed by atoms with Gasteiger partial charge in [0, 0.05) is 19.5 Å².